The van der Waals surface area contributed by atoms with Crippen molar-refractivity contribution in [3.05, 3.63) is 24.0 Å². The van der Waals surface area contributed by atoms with Gasteiger partial charge < -0.3 is 15.0 Å². The third kappa shape index (κ3) is 2.87. The van der Waals surface area contributed by atoms with E-state index in [1.807, 2.05) is 24.9 Å². The molecule has 1 N–H and O–H groups in total. The molecule has 2 heterocycles. The summed E-state index contributed by atoms with van der Waals surface area (Å²) < 4.78 is 5.63. The molecule has 19 heavy (non-hydrogen) atoms. The summed E-state index contributed by atoms with van der Waals surface area (Å²) in [6.07, 6.45) is 4.29. The van der Waals surface area contributed by atoms with Gasteiger partial charge in [0.15, 0.2) is 0 Å². The summed E-state index contributed by atoms with van der Waals surface area (Å²) in [6.45, 7) is 5.31. The molecule has 0 radical (unpaired) electrons. The first-order valence-electron chi connectivity index (χ1n) is 6.71. The summed E-state index contributed by atoms with van der Waals surface area (Å²) in [4.78, 5) is 18.7. The Hall–Kier alpha value is -1.62. The molecular formula is C14H21N3O2. The fraction of sp³-hybridized carbons (Fsp3) is 0.571. The van der Waals surface area contributed by atoms with E-state index < -0.39 is 0 Å². The van der Waals surface area contributed by atoms with E-state index in [2.05, 4.69) is 17.2 Å². The Balaban J connectivity index is 2.26. The van der Waals surface area contributed by atoms with Gasteiger partial charge in [-0.2, -0.15) is 0 Å². The van der Waals surface area contributed by atoms with Gasteiger partial charge in [-0.25, -0.2) is 0 Å². The molecular weight excluding hydrogens is 242 g/mol. The Morgan fingerprint density at radius 1 is 1.63 bits per heavy atom. The minimum atomic E-state index is 0.0273. The number of carbonyl (C=O) groups excluding carboxylic acids is 1. The van der Waals surface area contributed by atoms with Crippen molar-refractivity contribution in [1.29, 1.82) is 0 Å². The topological polar surface area (TPSA) is 54.5 Å². The third-order valence-corrected chi connectivity index (χ3v) is 3.52. The molecule has 2 unspecified atom stereocenters. The molecule has 1 aliphatic rings. The fourth-order valence-corrected chi connectivity index (χ4v) is 2.37. The van der Waals surface area contributed by atoms with Crippen LogP contribution < -0.4 is 5.32 Å². The van der Waals surface area contributed by atoms with Crippen LogP contribution >= 0.6 is 0 Å². The van der Waals surface area contributed by atoms with Crippen LogP contribution in [0, 0.1) is 0 Å². The van der Waals surface area contributed by atoms with E-state index in [0.717, 1.165) is 12.1 Å². The van der Waals surface area contributed by atoms with Crippen molar-refractivity contribution >= 4 is 11.6 Å². The molecule has 0 spiro atoms. The number of pyridine rings is 1. The standard InChI is InChI=1S/C14H21N3O2/c1-4-11-9-19-10(2)8-17(11)14(18)12-7-16-6-5-13(12)15-3/h5-7,10-11H,4,8-9H2,1-3H3,(H,15,16). The van der Waals surface area contributed by atoms with Gasteiger partial charge in [0, 0.05) is 31.7 Å². The minimum Gasteiger partial charge on any atom is -0.387 e. The Labute approximate surface area is 114 Å². The summed E-state index contributed by atoms with van der Waals surface area (Å²) in [5.74, 6) is 0.0273. The Kier molecular flexibility index (Phi) is 4.37. The predicted molar refractivity (Wildman–Crippen MR) is 74.3 cm³/mol. The number of nitrogens with zero attached hydrogens (tertiary/aromatic N) is 2. The third-order valence-electron chi connectivity index (χ3n) is 3.52. The average molecular weight is 263 g/mol. The second-order valence-corrected chi connectivity index (χ2v) is 4.83. The van der Waals surface area contributed by atoms with Crippen LogP contribution in [0.4, 0.5) is 5.69 Å². The predicted octanol–water partition coefficient (Wildman–Crippen LogP) is 1.76. The first-order valence-corrected chi connectivity index (χ1v) is 6.71. The maximum absolute atomic E-state index is 12.7. The fourth-order valence-electron chi connectivity index (χ4n) is 2.37. The van der Waals surface area contributed by atoms with Crippen molar-refractivity contribution in [3.8, 4) is 0 Å². The zero-order valence-electron chi connectivity index (χ0n) is 11.7. The van der Waals surface area contributed by atoms with Crippen LogP contribution in [0.5, 0.6) is 0 Å². The van der Waals surface area contributed by atoms with Crippen molar-refractivity contribution in [2.75, 3.05) is 25.5 Å². The number of nitrogens with one attached hydrogen (secondary N) is 1. The second kappa shape index (κ2) is 6.02. The molecule has 0 saturated carbocycles. The van der Waals surface area contributed by atoms with Crippen molar-refractivity contribution < 1.29 is 9.53 Å². The first-order chi connectivity index (χ1) is 9.17. The van der Waals surface area contributed by atoms with Crippen LogP contribution in [-0.4, -0.2) is 48.1 Å². The highest BCUT2D eigenvalue weighted by Gasteiger charge is 2.30. The number of anilines is 1. The highest BCUT2D eigenvalue weighted by atomic mass is 16.5. The minimum absolute atomic E-state index is 0.0273. The lowest BCUT2D eigenvalue weighted by atomic mass is 10.1. The number of hydrogen-bond acceptors (Lipinski definition) is 4. The first kappa shape index (κ1) is 13.8. The zero-order chi connectivity index (χ0) is 13.8. The number of morpholine rings is 1. The number of carbonyl (C=O) groups is 1. The molecule has 2 rings (SSSR count). The van der Waals surface area contributed by atoms with Crippen LogP contribution in [0.25, 0.3) is 0 Å². The normalized spacial score (nSPS) is 23.2. The van der Waals surface area contributed by atoms with Crippen LogP contribution in [0.3, 0.4) is 0 Å². The van der Waals surface area contributed by atoms with Crippen molar-refractivity contribution in [3.63, 3.8) is 0 Å². The lowest BCUT2D eigenvalue weighted by Gasteiger charge is -2.38. The van der Waals surface area contributed by atoms with Crippen LogP contribution in [0.1, 0.15) is 30.6 Å². The molecule has 2 atom stereocenters. The van der Waals surface area contributed by atoms with Gasteiger partial charge in [-0.05, 0) is 19.4 Å². The number of amides is 1. The zero-order valence-corrected chi connectivity index (χ0v) is 11.7. The number of ether oxygens (including phenoxy) is 1. The molecule has 1 amide bonds. The average Bonchev–Trinajstić information content (AvgIpc) is 2.46. The molecule has 5 nitrogen and oxygen atoms in total. The lowest BCUT2D eigenvalue weighted by Crippen LogP contribution is -2.51. The van der Waals surface area contributed by atoms with Gasteiger partial charge in [-0.15, -0.1) is 0 Å². The van der Waals surface area contributed by atoms with Crippen LogP contribution in [0.2, 0.25) is 0 Å². The molecule has 1 fully saturated rings. The molecule has 0 aromatic carbocycles. The van der Waals surface area contributed by atoms with Gasteiger partial charge >= 0.3 is 0 Å². The Bertz CT molecular complexity index is 450. The van der Waals surface area contributed by atoms with E-state index in [1.165, 1.54) is 0 Å². The number of aromatic nitrogens is 1. The van der Waals surface area contributed by atoms with Crippen LogP contribution in [-0.2, 0) is 4.74 Å². The van der Waals surface area contributed by atoms with Crippen molar-refractivity contribution in [2.24, 2.45) is 0 Å². The quantitative estimate of drug-likeness (QED) is 0.903. The van der Waals surface area contributed by atoms with Gasteiger partial charge in [-0.3, -0.25) is 9.78 Å². The SMILES string of the molecule is CCC1COC(C)CN1C(=O)c1cnccc1NC. The summed E-state index contributed by atoms with van der Waals surface area (Å²) in [5, 5.41) is 3.04. The summed E-state index contributed by atoms with van der Waals surface area (Å²) in [6, 6.07) is 1.96. The van der Waals surface area contributed by atoms with Gasteiger partial charge in [0.25, 0.3) is 5.91 Å². The summed E-state index contributed by atoms with van der Waals surface area (Å²) in [7, 11) is 1.81. The van der Waals surface area contributed by atoms with Gasteiger partial charge in [-0.1, -0.05) is 6.92 Å². The van der Waals surface area contributed by atoms with Crippen LogP contribution in [0.15, 0.2) is 18.5 Å². The van der Waals surface area contributed by atoms with Gasteiger partial charge in [0.05, 0.1) is 24.3 Å². The molecule has 1 aromatic rings. The summed E-state index contributed by atoms with van der Waals surface area (Å²) >= 11 is 0. The molecule has 1 saturated heterocycles. The van der Waals surface area contributed by atoms with E-state index in [0.29, 0.717) is 18.7 Å². The monoisotopic (exact) mass is 263 g/mol. The Morgan fingerprint density at radius 3 is 3.11 bits per heavy atom. The maximum Gasteiger partial charge on any atom is 0.257 e. The molecule has 104 valence electrons. The maximum atomic E-state index is 12.7. The smallest absolute Gasteiger partial charge is 0.257 e. The molecule has 1 aromatic heterocycles. The largest absolute Gasteiger partial charge is 0.387 e. The highest BCUT2D eigenvalue weighted by molar-refractivity contribution is 5.99. The molecule has 5 heteroatoms. The van der Waals surface area contributed by atoms with Crippen molar-refractivity contribution in [2.45, 2.75) is 32.4 Å². The Morgan fingerprint density at radius 2 is 2.42 bits per heavy atom. The van der Waals surface area contributed by atoms with E-state index in [9.17, 15) is 4.79 Å². The summed E-state index contributed by atoms with van der Waals surface area (Å²) in [5.41, 5.74) is 1.44. The van der Waals surface area contributed by atoms with Gasteiger partial charge in [0.1, 0.15) is 0 Å². The van der Waals surface area contributed by atoms with Crippen molar-refractivity contribution in [1.82, 2.24) is 9.88 Å². The van der Waals surface area contributed by atoms with E-state index in [-0.39, 0.29) is 18.1 Å². The van der Waals surface area contributed by atoms with E-state index >= 15 is 0 Å². The van der Waals surface area contributed by atoms with E-state index in [4.69, 9.17) is 4.74 Å². The van der Waals surface area contributed by atoms with E-state index in [1.54, 1.807) is 12.4 Å². The number of rotatable bonds is 3. The molecule has 0 aliphatic carbocycles. The molecule has 1 aliphatic heterocycles. The van der Waals surface area contributed by atoms with Gasteiger partial charge in [0.2, 0.25) is 0 Å². The molecule has 0 bridgehead atoms. The second-order valence-electron chi connectivity index (χ2n) is 4.83. The number of hydrogen-bond donors (Lipinski definition) is 1. The lowest BCUT2D eigenvalue weighted by molar-refractivity contribution is -0.0443. The highest BCUT2D eigenvalue weighted by Crippen LogP contribution is 2.21.